The maximum absolute atomic E-state index is 6.27. The summed E-state index contributed by atoms with van der Waals surface area (Å²) in [5.41, 5.74) is 9.57. The molecule has 4 nitrogen and oxygen atoms in total. The van der Waals surface area contributed by atoms with Gasteiger partial charge in [0.15, 0.2) is 0 Å². The van der Waals surface area contributed by atoms with E-state index in [0.29, 0.717) is 17.8 Å². The van der Waals surface area contributed by atoms with Crippen molar-refractivity contribution >= 4 is 21.8 Å². The van der Waals surface area contributed by atoms with Crippen LogP contribution in [0.3, 0.4) is 0 Å². The first kappa shape index (κ1) is 26.4. The van der Waals surface area contributed by atoms with Gasteiger partial charge in [0.1, 0.15) is 0 Å². The maximum atomic E-state index is 6.27. The van der Waals surface area contributed by atoms with Gasteiger partial charge in [0.25, 0.3) is 0 Å². The van der Waals surface area contributed by atoms with E-state index in [2.05, 4.69) is 127 Å². The molecule has 0 saturated heterocycles. The molecular weight excluding hydrogens is 478 g/mol. The van der Waals surface area contributed by atoms with Gasteiger partial charge < -0.3 is 8.98 Å². The van der Waals surface area contributed by atoms with Gasteiger partial charge in [0, 0.05) is 44.4 Å². The average molecular weight is 516 g/mol. The summed E-state index contributed by atoms with van der Waals surface area (Å²) >= 11 is 0. The van der Waals surface area contributed by atoms with Crippen LogP contribution in [-0.4, -0.2) is 14.8 Å². The Morgan fingerprint density at radius 3 is 2.10 bits per heavy atom. The zero-order valence-electron chi connectivity index (χ0n) is 21.6. The molecule has 0 N–H and O–H groups in total. The zero-order chi connectivity index (χ0) is 25.3. The monoisotopic (exact) mass is 515 g/mol. The highest BCUT2D eigenvalue weighted by Gasteiger charge is 2.35. The minimum atomic E-state index is -0.0698. The number of nitrogens with zero attached hydrogens (tertiary/aromatic N) is 3. The Bertz CT molecular complexity index is 1820. The van der Waals surface area contributed by atoms with E-state index in [1.807, 2.05) is 0 Å². The summed E-state index contributed by atoms with van der Waals surface area (Å²) < 4.78 is 8.71. The van der Waals surface area contributed by atoms with Crippen LogP contribution in [0, 0.1) is 0 Å². The summed E-state index contributed by atoms with van der Waals surface area (Å²) in [6.07, 6.45) is 1.07. The van der Waals surface area contributed by atoms with E-state index in [-0.39, 0.29) is 20.3 Å². The Morgan fingerprint density at radius 2 is 1.33 bits per heavy atom. The summed E-state index contributed by atoms with van der Waals surface area (Å²) in [6, 6.07) is 30.7. The molecule has 2 heterocycles. The van der Waals surface area contributed by atoms with Gasteiger partial charge in [-0.1, -0.05) is 84.2 Å². The second-order valence-corrected chi connectivity index (χ2v) is 10.7. The van der Waals surface area contributed by atoms with Crippen LogP contribution in [0.1, 0.15) is 66.1 Å². The number of hydrogen-bond donors (Lipinski definition) is 0. The third kappa shape index (κ3) is 3.81. The summed E-state index contributed by atoms with van der Waals surface area (Å²) in [7, 11) is 0. The normalized spacial score (nSPS) is 13.9. The van der Waals surface area contributed by atoms with Crippen molar-refractivity contribution in [2.24, 2.45) is 0 Å². The highest BCUT2D eigenvalue weighted by molar-refractivity contribution is 6.09. The van der Waals surface area contributed by atoms with Crippen molar-refractivity contribution in [3.05, 3.63) is 96.1 Å². The lowest BCUT2D eigenvalue weighted by Crippen LogP contribution is -2.14. The molecule has 4 aromatic carbocycles. The fourth-order valence-corrected chi connectivity index (χ4v) is 6.09. The van der Waals surface area contributed by atoms with Crippen molar-refractivity contribution in [2.45, 2.75) is 60.4 Å². The molecule has 4 heteroatoms. The SMILES string of the molecule is C.C.CCC(C)n1c2ccccc2c2cc(-c3nnc(-c4ccc5c(c4)C(C)(C)c4ccccc4-5)o3)ccc21. The molecule has 39 heavy (non-hydrogen) atoms. The lowest BCUT2D eigenvalue weighted by atomic mass is 9.82. The van der Waals surface area contributed by atoms with E-state index < -0.39 is 0 Å². The number of benzene rings is 4. The fourth-order valence-electron chi connectivity index (χ4n) is 6.09. The minimum Gasteiger partial charge on any atom is -0.416 e. The molecule has 2 aromatic heterocycles. The fraction of sp³-hybridized carbons (Fsp3) is 0.257. The molecule has 1 atom stereocenters. The Hall–Kier alpha value is -4.18. The zero-order valence-corrected chi connectivity index (χ0v) is 21.6. The largest absolute Gasteiger partial charge is 0.416 e. The lowest BCUT2D eigenvalue weighted by molar-refractivity contribution is 0.563. The second-order valence-electron chi connectivity index (χ2n) is 10.7. The Balaban J connectivity index is 0.00000154. The summed E-state index contributed by atoms with van der Waals surface area (Å²) in [5.74, 6) is 1.09. The third-order valence-corrected chi connectivity index (χ3v) is 8.24. The minimum absolute atomic E-state index is 0. The summed E-state index contributed by atoms with van der Waals surface area (Å²) in [6.45, 7) is 9.08. The van der Waals surface area contributed by atoms with E-state index in [4.69, 9.17) is 4.42 Å². The molecule has 198 valence electrons. The highest BCUT2D eigenvalue weighted by atomic mass is 16.4. The smallest absolute Gasteiger partial charge is 0.248 e. The van der Waals surface area contributed by atoms with E-state index in [9.17, 15) is 0 Å². The molecule has 0 radical (unpaired) electrons. The van der Waals surface area contributed by atoms with Gasteiger partial charge in [-0.2, -0.15) is 0 Å². The molecule has 7 rings (SSSR count). The van der Waals surface area contributed by atoms with Gasteiger partial charge in [-0.25, -0.2) is 0 Å². The molecule has 0 amide bonds. The Kier molecular flexibility index (Phi) is 6.46. The number of para-hydroxylation sites is 1. The van der Waals surface area contributed by atoms with Crippen molar-refractivity contribution in [3.63, 3.8) is 0 Å². The second kappa shape index (κ2) is 9.53. The van der Waals surface area contributed by atoms with Crippen molar-refractivity contribution in [1.82, 2.24) is 14.8 Å². The van der Waals surface area contributed by atoms with Crippen LogP contribution < -0.4 is 0 Å². The van der Waals surface area contributed by atoms with E-state index >= 15 is 0 Å². The van der Waals surface area contributed by atoms with Crippen LogP contribution in [0.2, 0.25) is 0 Å². The van der Waals surface area contributed by atoms with Crippen molar-refractivity contribution < 1.29 is 4.42 Å². The summed E-state index contributed by atoms with van der Waals surface area (Å²) in [4.78, 5) is 0. The molecule has 1 aliphatic carbocycles. The van der Waals surface area contributed by atoms with Gasteiger partial charge in [0.2, 0.25) is 11.8 Å². The predicted octanol–water partition coefficient (Wildman–Crippen LogP) is 10.1. The number of aromatic nitrogens is 3. The lowest BCUT2D eigenvalue weighted by Gasteiger charge is -2.21. The predicted molar refractivity (Wildman–Crippen MR) is 164 cm³/mol. The van der Waals surface area contributed by atoms with Gasteiger partial charge in [0.05, 0.1) is 0 Å². The van der Waals surface area contributed by atoms with Crippen molar-refractivity contribution in [2.75, 3.05) is 0 Å². The van der Waals surface area contributed by atoms with Crippen LogP contribution in [0.5, 0.6) is 0 Å². The van der Waals surface area contributed by atoms with Gasteiger partial charge in [-0.3, -0.25) is 0 Å². The molecule has 0 bridgehead atoms. The van der Waals surface area contributed by atoms with Crippen LogP contribution in [0.25, 0.3) is 55.8 Å². The van der Waals surface area contributed by atoms with Gasteiger partial charge in [-0.15, -0.1) is 10.2 Å². The molecule has 0 fully saturated rings. The third-order valence-electron chi connectivity index (χ3n) is 8.24. The standard InChI is InChI=1S/C33H29N3O.2CH4/c1-5-20(2)36-29-13-9-7-11-25(29)26-18-21(15-17-30(26)36)31-34-35-32(37-31)22-14-16-24-23-10-6-8-12-27(23)33(3,4)28(24)19-22;;/h6-20H,5H2,1-4H3;2*1H4. The van der Waals surface area contributed by atoms with Crippen LogP contribution in [0.15, 0.2) is 89.3 Å². The Labute approximate surface area is 231 Å². The van der Waals surface area contributed by atoms with E-state index in [1.54, 1.807) is 0 Å². The van der Waals surface area contributed by atoms with Crippen molar-refractivity contribution in [1.29, 1.82) is 0 Å². The van der Waals surface area contributed by atoms with Crippen LogP contribution >= 0.6 is 0 Å². The first-order valence-corrected chi connectivity index (χ1v) is 13.1. The first-order chi connectivity index (χ1) is 18.0. The van der Waals surface area contributed by atoms with E-state index in [1.165, 1.54) is 44.1 Å². The molecule has 0 saturated carbocycles. The summed E-state index contributed by atoms with van der Waals surface area (Å²) in [5, 5.41) is 11.4. The molecule has 1 unspecified atom stereocenters. The van der Waals surface area contributed by atoms with Crippen LogP contribution in [-0.2, 0) is 5.41 Å². The first-order valence-electron chi connectivity index (χ1n) is 13.1. The topological polar surface area (TPSA) is 43.9 Å². The maximum Gasteiger partial charge on any atom is 0.248 e. The number of rotatable bonds is 4. The number of fused-ring (bicyclic) bond motifs is 6. The Morgan fingerprint density at radius 1 is 0.718 bits per heavy atom. The average Bonchev–Trinajstić information content (AvgIpc) is 3.61. The quantitative estimate of drug-likeness (QED) is 0.235. The molecule has 6 aromatic rings. The molecular formula is C35H37N3O. The molecule has 0 aliphatic heterocycles. The van der Waals surface area contributed by atoms with Crippen LogP contribution in [0.4, 0.5) is 0 Å². The van der Waals surface area contributed by atoms with Crippen molar-refractivity contribution in [3.8, 4) is 34.0 Å². The van der Waals surface area contributed by atoms with E-state index in [0.717, 1.165) is 17.5 Å². The van der Waals surface area contributed by atoms with Gasteiger partial charge in [-0.05, 0) is 72.0 Å². The number of hydrogen-bond acceptors (Lipinski definition) is 3. The molecule has 1 aliphatic rings. The highest BCUT2D eigenvalue weighted by Crippen LogP contribution is 2.49. The molecule has 0 spiro atoms. The van der Waals surface area contributed by atoms with Gasteiger partial charge >= 0.3 is 0 Å².